The highest BCUT2D eigenvalue weighted by atomic mass is 32.2. The molecule has 4 fully saturated rings. The van der Waals surface area contributed by atoms with E-state index in [1.807, 2.05) is 16.7 Å². The van der Waals surface area contributed by atoms with Crippen molar-refractivity contribution in [2.24, 2.45) is 11.8 Å². The third-order valence-corrected chi connectivity index (χ3v) is 9.85. The van der Waals surface area contributed by atoms with Crippen LogP contribution in [0.4, 0.5) is 0 Å². The number of rotatable bonds is 7. The molecule has 1 saturated carbocycles. The molecule has 2 amide bonds. The first kappa shape index (κ1) is 26.2. The highest BCUT2D eigenvalue weighted by molar-refractivity contribution is 8.00. The second-order valence-electron chi connectivity index (χ2n) is 11.0. The van der Waals surface area contributed by atoms with Gasteiger partial charge in [0, 0.05) is 36.3 Å². The van der Waals surface area contributed by atoms with Crippen molar-refractivity contribution in [3.05, 3.63) is 0 Å². The lowest BCUT2D eigenvalue weighted by Crippen LogP contribution is -2.54. The van der Waals surface area contributed by atoms with E-state index < -0.39 is 0 Å². The van der Waals surface area contributed by atoms with Gasteiger partial charge in [0.05, 0.1) is 12.7 Å². The first-order valence-electron chi connectivity index (χ1n) is 13.1. The summed E-state index contributed by atoms with van der Waals surface area (Å²) in [5.74, 6) is 0.885. The normalized spacial score (nSPS) is 36.1. The number of amides is 2. The molecule has 0 aromatic heterocycles. The van der Waals surface area contributed by atoms with Crippen molar-refractivity contribution in [3.63, 3.8) is 0 Å². The van der Waals surface area contributed by atoms with Crippen LogP contribution in [0.1, 0.15) is 51.9 Å². The molecule has 0 bridgehead atoms. The van der Waals surface area contributed by atoms with Gasteiger partial charge in [-0.1, -0.05) is 13.3 Å². The van der Waals surface area contributed by atoms with Gasteiger partial charge in [-0.05, 0) is 72.1 Å². The van der Waals surface area contributed by atoms with E-state index in [1.165, 1.54) is 6.42 Å². The molecule has 5 unspecified atom stereocenters. The monoisotopic (exact) mass is 495 g/mol. The van der Waals surface area contributed by atoms with Crippen LogP contribution >= 0.6 is 11.8 Å². The fourth-order valence-electron chi connectivity index (χ4n) is 5.95. The summed E-state index contributed by atoms with van der Waals surface area (Å²) in [6, 6.07) is 0.425. The molecule has 3 heterocycles. The molecular formula is C24H45N7O2S. The minimum Gasteiger partial charge on any atom is -0.352 e. The zero-order valence-electron chi connectivity index (χ0n) is 21.4. The second-order valence-corrected chi connectivity index (χ2v) is 12.4. The lowest BCUT2D eigenvalue weighted by Gasteiger charge is -2.36. The van der Waals surface area contributed by atoms with Crippen LogP contribution < -0.4 is 21.5 Å². The predicted octanol–water partition coefficient (Wildman–Crippen LogP) is 0.595. The number of likely N-dealkylation sites (N-methyl/N-ethyl adjacent to an activating group) is 1. The average Bonchev–Trinajstić information content (AvgIpc) is 3.48. The molecule has 3 aliphatic heterocycles. The summed E-state index contributed by atoms with van der Waals surface area (Å²) >= 11 is 1.97. The van der Waals surface area contributed by atoms with E-state index in [2.05, 4.69) is 59.4 Å². The van der Waals surface area contributed by atoms with Gasteiger partial charge in [0.25, 0.3) is 0 Å². The maximum absolute atomic E-state index is 13.2. The van der Waals surface area contributed by atoms with Gasteiger partial charge in [0.15, 0.2) is 0 Å². The summed E-state index contributed by atoms with van der Waals surface area (Å²) in [5.41, 5.74) is 6.83. The van der Waals surface area contributed by atoms with Crippen LogP contribution in [0.2, 0.25) is 0 Å². The SMILES string of the molecule is C[C@H](SC1NNCN1C)C1CCCC(NC(=O)C2CC(C(=O)N3CC[C@@H](N(C)C)C3)CCN2)C1. The number of nitrogens with one attached hydrogen (secondary N) is 4. The Kier molecular flexibility index (Phi) is 9.14. The molecule has 4 rings (SSSR count). The van der Waals surface area contributed by atoms with Gasteiger partial charge >= 0.3 is 0 Å². The van der Waals surface area contributed by atoms with E-state index in [0.717, 1.165) is 58.4 Å². The lowest BCUT2D eigenvalue weighted by molar-refractivity contribution is -0.136. The molecule has 4 N–H and O–H groups in total. The maximum Gasteiger partial charge on any atom is 0.237 e. The second kappa shape index (κ2) is 11.9. The van der Waals surface area contributed by atoms with Crippen molar-refractivity contribution in [1.29, 1.82) is 0 Å². The summed E-state index contributed by atoms with van der Waals surface area (Å²) < 4.78 is 0. The van der Waals surface area contributed by atoms with E-state index in [1.54, 1.807) is 0 Å². The van der Waals surface area contributed by atoms with Gasteiger partial charge in [-0.25, -0.2) is 10.9 Å². The van der Waals surface area contributed by atoms with E-state index >= 15 is 0 Å². The fraction of sp³-hybridized carbons (Fsp3) is 0.917. The Morgan fingerprint density at radius 2 is 1.97 bits per heavy atom. The number of hydrogen-bond donors (Lipinski definition) is 4. The Bertz CT molecular complexity index is 711. The molecule has 7 atom stereocenters. The lowest BCUT2D eigenvalue weighted by atomic mass is 9.83. The molecule has 4 aliphatic rings. The van der Waals surface area contributed by atoms with Gasteiger partial charge in [-0.2, -0.15) is 0 Å². The number of hydrazine groups is 1. The number of likely N-dealkylation sites (tertiary alicyclic amines) is 1. The number of nitrogens with zero attached hydrogens (tertiary/aromatic N) is 3. The Balaban J connectivity index is 1.24. The first-order chi connectivity index (χ1) is 16.3. The molecule has 0 aromatic carbocycles. The number of piperidine rings is 1. The van der Waals surface area contributed by atoms with Crippen molar-refractivity contribution in [1.82, 2.24) is 36.2 Å². The minimum atomic E-state index is -0.260. The molecule has 34 heavy (non-hydrogen) atoms. The predicted molar refractivity (Wildman–Crippen MR) is 137 cm³/mol. The summed E-state index contributed by atoms with van der Waals surface area (Å²) in [4.78, 5) is 32.8. The standard InChI is InChI=1S/C24H45N7O2S/c1-16(34-24-28-26-15-30(24)4)17-6-5-7-19(12-17)27-22(32)21-13-18(8-10-25-21)23(33)31-11-9-20(14-31)29(2)3/h16-21,24-26,28H,5-15H2,1-4H3,(H,27,32)/t16-,17?,18?,19?,20+,21?,24?/m0/s1. The Labute approximate surface area is 209 Å². The van der Waals surface area contributed by atoms with Crippen LogP contribution in [-0.4, -0.2) is 103 Å². The molecule has 9 nitrogen and oxygen atoms in total. The summed E-state index contributed by atoms with van der Waals surface area (Å²) in [7, 11) is 6.29. The van der Waals surface area contributed by atoms with Crippen molar-refractivity contribution in [2.45, 2.75) is 80.7 Å². The molecular weight excluding hydrogens is 450 g/mol. The van der Waals surface area contributed by atoms with E-state index in [9.17, 15) is 9.59 Å². The summed E-state index contributed by atoms with van der Waals surface area (Å²) in [6.07, 6.45) is 6.96. The largest absolute Gasteiger partial charge is 0.352 e. The quantitative estimate of drug-likeness (QED) is 0.408. The average molecular weight is 496 g/mol. The van der Waals surface area contributed by atoms with Crippen molar-refractivity contribution >= 4 is 23.6 Å². The number of thioether (sulfide) groups is 1. The van der Waals surface area contributed by atoms with Crippen LogP contribution in [0.25, 0.3) is 0 Å². The van der Waals surface area contributed by atoms with E-state index in [-0.39, 0.29) is 29.8 Å². The Morgan fingerprint density at radius 1 is 1.15 bits per heavy atom. The van der Waals surface area contributed by atoms with E-state index in [0.29, 0.717) is 29.1 Å². The third-order valence-electron chi connectivity index (χ3n) is 8.30. The van der Waals surface area contributed by atoms with Gasteiger partial charge < -0.3 is 20.4 Å². The molecule has 0 spiro atoms. The topological polar surface area (TPSA) is 92.0 Å². The smallest absolute Gasteiger partial charge is 0.237 e. The van der Waals surface area contributed by atoms with Crippen LogP contribution in [0, 0.1) is 11.8 Å². The molecule has 1 aliphatic carbocycles. The van der Waals surface area contributed by atoms with E-state index in [4.69, 9.17) is 0 Å². The molecule has 0 radical (unpaired) electrons. The first-order valence-corrected chi connectivity index (χ1v) is 14.1. The van der Waals surface area contributed by atoms with Crippen LogP contribution in [-0.2, 0) is 9.59 Å². The van der Waals surface area contributed by atoms with Crippen molar-refractivity contribution in [2.75, 3.05) is 47.4 Å². The molecule has 10 heteroatoms. The van der Waals surface area contributed by atoms with Crippen molar-refractivity contribution < 1.29 is 9.59 Å². The summed E-state index contributed by atoms with van der Waals surface area (Å²) in [5, 5.41) is 7.26. The maximum atomic E-state index is 13.2. The Morgan fingerprint density at radius 3 is 2.68 bits per heavy atom. The highest BCUT2D eigenvalue weighted by Crippen LogP contribution is 2.35. The summed E-state index contributed by atoms with van der Waals surface area (Å²) in [6.45, 7) is 5.57. The number of hydrogen-bond acceptors (Lipinski definition) is 8. The third kappa shape index (κ3) is 6.44. The highest BCUT2D eigenvalue weighted by Gasteiger charge is 2.37. The van der Waals surface area contributed by atoms with Crippen molar-refractivity contribution in [3.8, 4) is 0 Å². The molecule has 194 valence electrons. The van der Waals surface area contributed by atoms with Gasteiger partial charge in [0.2, 0.25) is 11.8 Å². The molecule has 3 saturated heterocycles. The number of carbonyl (C=O) groups excluding carboxylic acids is 2. The van der Waals surface area contributed by atoms with Crippen LogP contribution in [0.5, 0.6) is 0 Å². The zero-order valence-corrected chi connectivity index (χ0v) is 22.2. The number of carbonyl (C=O) groups is 2. The van der Waals surface area contributed by atoms with Crippen LogP contribution in [0.3, 0.4) is 0 Å². The zero-order chi connectivity index (χ0) is 24.2. The van der Waals surface area contributed by atoms with Gasteiger partial charge in [-0.15, -0.1) is 11.8 Å². The molecule has 0 aromatic rings. The fourth-order valence-corrected chi connectivity index (χ4v) is 7.26. The van der Waals surface area contributed by atoms with Crippen LogP contribution in [0.15, 0.2) is 0 Å². The van der Waals surface area contributed by atoms with Gasteiger partial charge in [-0.3, -0.25) is 14.5 Å². The Hall–Kier alpha value is -0.910. The minimum absolute atomic E-state index is 0.0436. The van der Waals surface area contributed by atoms with Gasteiger partial charge in [0.1, 0.15) is 5.50 Å².